The molecular weight excluding hydrogens is 241 g/mol. The first kappa shape index (κ1) is 14.0. The second-order valence-corrected chi connectivity index (χ2v) is 3.99. The minimum atomic E-state index is -0.835. The summed E-state index contributed by atoms with van der Waals surface area (Å²) in [5.74, 6) is -1.21. The predicted octanol–water partition coefficient (Wildman–Crippen LogP) is 1.80. The molecule has 0 spiro atoms. The van der Waals surface area contributed by atoms with E-state index in [-0.39, 0.29) is 29.7 Å². The number of nitrogens with one attached hydrogen (secondary N) is 1. The number of nitrogens with two attached hydrogens (primary N) is 1. The molecule has 0 saturated carbocycles. The third-order valence-corrected chi connectivity index (χ3v) is 2.26. The number of nitro benzene ring substituents is 1. The number of rotatable bonds is 5. The molecule has 0 aliphatic rings. The Bertz CT molecular complexity index is 463. The Balaban J connectivity index is 2.68. The summed E-state index contributed by atoms with van der Waals surface area (Å²) in [6.07, 6.45) is 0.661. The van der Waals surface area contributed by atoms with Crippen molar-refractivity contribution in [1.29, 1.82) is 0 Å². The Morgan fingerprint density at radius 1 is 1.61 bits per heavy atom. The number of anilines is 1. The van der Waals surface area contributed by atoms with Gasteiger partial charge in [-0.05, 0) is 19.4 Å². The summed E-state index contributed by atoms with van der Waals surface area (Å²) in [7, 11) is 0. The van der Waals surface area contributed by atoms with E-state index in [1.165, 1.54) is 0 Å². The van der Waals surface area contributed by atoms with Crippen LogP contribution in [-0.4, -0.2) is 16.9 Å². The molecule has 6 nitrogen and oxygen atoms in total. The highest BCUT2D eigenvalue weighted by Gasteiger charge is 2.12. The standard InChI is InChI=1S/C11H14FN3O3/c1-7(13)2-5-11(16)14-10-4-3-8(15(17)18)6-9(10)12/h3-4,6-7H,2,5,13H2,1H3,(H,14,16). The lowest BCUT2D eigenvalue weighted by molar-refractivity contribution is -0.385. The van der Waals surface area contributed by atoms with Gasteiger partial charge in [0, 0.05) is 18.5 Å². The van der Waals surface area contributed by atoms with Crippen LogP contribution in [0.15, 0.2) is 18.2 Å². The number of benzene rings is 1. The molecular formula is C11H14FN3O3. The maximum atomic E-state index is 13.4. The lowest BCUT2D eigenvalue weighted by atomic mass is 10.2. The molecule has 7 heteroatoms. The maximum absolute atomic E-state index is 13.4. The Labute approximate surface area is 103 Å². The normalized spacial score (nSPS) is 11.9. The van der Waals surface area contributed by atoms with Gasteiger partial charge in [-0.15, -0.1) is 0 Å². The molecule has 18 heavy (non-hydrogen) atoms. The van der Waals surface area contributed by atoms with E-state index in [0.717, 1.165) is 18.2 Å². The second kappa shape index (κ2) is 6.06. The van der Waals surface area contributed by atoms with E-state index in [9.17, 15) is 19.3 Å². The molecule has 0 bridgehead atoms. The van der Waals surface area contributed by atoms with Crippen LogP contribution >= 0.6 is 0 Å². The third-order valence-electron chi connectivity index (χ3n) is 2.26. The zero-order valence-corrected chi connectivity index (χ0v) is 9.85. The van der Waals surface area contributed by atoms with E-state index < -0.39 is 10.7 Å². The van der Waals surface area contributed by atoms with Crippen molar-refractivity contribution >= 4 is 17.3 Å². The average Bonchev–Trinajstić information content (AvgIpc) is 2.29. The van der Waals surface area contributed by atoms with E-state index in [4.69, 9.17) is 5.73 Å². The SMILES string of the molecule is CC(N)CCC(=O)Nc1ccc([N+](=O)[O-])cc1F. The van der Waals surface area contributed by atoms with Gasteiger partial charge in [-0.1, -0.05) is 0 Å². The van der Waals surface area contributed by atoms with Crippen molar-refractivity contribution in [2.75, 3.05) is 5.32 Å². The molecule has 1 amide bonds. The zero-order valence-electron chi connectivity index (χ0n) is 9.85. The van der Waals surface area contributed by atoms with Crippen LogP contribution in [0.25, 0.3) is 0 Å². The predicted molar refractivity (Wildman–Crippen MR) is 64.6 cm³/mol. The maximum Gasteiger partial charge on any atom is 0.272 e. The molecule has 1 aromatic carbocycles. The average molecular weight is 255 g/mol. The molecule has 1 atom stereocenters. The minimum absolute atomic E-state index is 0.0738. The Morgan fingerprint density at radius 2 is 2.28 bits per heavy atom. The number of amides is 1. The van der Waals surface area contributed by atoms with Crippen molar-refractivity contribution in [3.05, 3.63) is 34.1 Å². The number of carbonyl (C=O) groups excluding carboxylic acids is 1. The molecule has 0 radical (unpaired) electrons. The van der Waals surface area contributed by atoms with Crippen molar-refractivity contribution in [2.24, 2.45) is 5.73 Å². The van der Waals surface area contributed by atoms with Crippen LogP contribution in [0, 0.1) is 15.9 Å². The molecule has 3 N–H and O–H groups in total. The van der Waals surface area contributed by atoms with Crippen LogP contribution in [0.4, 0.5) is 15.8 Å². The second-order valence-electron chi connectivity index (χ2n) is 3.99. The summed E-state index contributed by atoms with van der Waals surface area (Å²) in [6.45, 7) is 1.76. The Hall–Kier alpha value is -2.02. The molecule has 0 fully saturated rings. The van der Waals surface area contributed by atoms with Gasteiger partial charge in [0.2, 0.25) is 5.91 Å². The van der Waals surface area contributed by atoms with E-state index in [2.05, 4.69) is 5.32 Å². The summed E-state index contributed by atoms with van der Waals surface area (Å²) in [4.78, 5) is 21.1. The van der Waals surface area contributed by atoms with E-state index in [0.29, 0.717) is 6.42 Å². The fourth-order valence-corrected chi connectivity index (χ4v) is 1.29. The highest BCUT2D eigenvalue weighted by molar-refractivity contribution is 5.90. The van der Waals surface area contributed by atoms with Crippen molar-refractivity contribution in [1.82, 2.24) is 0 Å². The molecule has 0 saturated heterocycles. The highest BCUT2D eigenvalue weighted by atomic mass is 19.1. The van der Waals surface area contributed by atoms with Crippen LogP contribution in [0.2, 0.25) is 0 Å². The van der Waals surface area contributed by atoms with Crippen LogP contribution in [0.1, 0.15) is 19.8 Å². The third kappa shape index (κ3) is 4.10. The quantitative estimate of drug-likeness (QED) is 0.619. The van der Waals surface area contributed by atoms with Crippen LogP contribution in [0.5, 0.6) is 0 Å². The molecule has 0 aliphatic carbocycles. The largest absolute Gasteiger partial charge is 0.328 e. The first-order chi connectivity index (χ1) is 8.40. The smallest absolute Gasteiger partial charge is 0.272 e. The molecule has 98 valence electrons. The van der Waals surface area contributed by atoms with Gasteiger partial charge in [0.25, 0.3) is 5.69 Å². The Kier molecular flexibility index (Phi) is 4.73. The fraction of sp³-hybridized carbons (Fsp3) is 0.364. The molecule has 0 heterocycles. The van der Waals surface area contributed by atoms with Crippen LogP contribution < -0.4 is 11.1 Å². The number of nitro groups is 1. The van der Waals surface area contributed by atoms with Gasteiger partial charge >= 0.3 is 0 Å². The number of hydrogen-bond acceptors (Lipinski definition) is 4. The van der Waals surface area contributed by atoms with Crippen LogP contribution in [-0.2, 0) is 4.79 Å². The molecule has 1 unspecified atom stereocenters. The number of carbonyl (C=O) groups is 1. The monoisotopic (exact) mass is 255 g/mol. The number of nitrogens with zero attached hydrogens (tertiary/aromatic N) is 1. The van der Waals surface area contributed by atoms with E-state index in [1.54, 1.807) is 6.92 Å². The highest BCUT2D eigenvalue weighted by Crippen LogP contribution is 2.20. The number of hydrogen-bond donors (Lipinski definition) is 2. The molecule has 1 rings (SSSR count). The summed E-state index contributed by atoms with van der Waals surface area (Å²) in [6, 6.07) is 2.94. The summed E-state index contributed by atoms with van der Waals surface area (Å²) in [5.41, 5.74) is 5.05. The summed E-state index contributed by atoms with van der Waals surface area (Å²) in [5, 5.41) is 12.7. The van der Waals surface area contributed by atoms with Crippen molar-refractivity contribution in [3.63, 3.8) is 0 Å². The van der Waals surface area contributed by atoms with Gasteiger partial charge < -0.3 is 11.1 Å². The Morgan fingerprint density at radius 3 is 2.78 bits per heavy atom. The topological polar surface area (TPSA) is 98.3 Å². The van der Waals surface area contributed by atoms with Gasteiger partial charge in [0.15, 0.2) is 5.82 Å². The van der Waals surface area contributed by atoms with Crippen molar-refractivity contribution < 1.29 is 14.1 Å². The lowest BCUT2D eigenvalue weighted by Gasteiger charge is -2.07. The lowest BCUT2D eigenvalue weighted by Crippen LogP contribution is -2.19. The van der Waals surface area contributed by atoms with Crippen molar-refractivity contribution in [2.45, 2.75) is 25.8 Å². The summed E-state index contributed by atoms with van der Waals surface area (Å²) >= 11 is 0. The van der Waals surface area contributed by atoms with E-state index in [1.807, 2.05) is 0 Å². The van der Waals surface area contributed by atoms with E-state index >= 15 is 0 Å². The zero-order chi connectivity index (χ0) is 13.7. The van der Waals surface area contributed by atoms with Gasteiger partial charge in [-0.3, -0.25) is 14.9 Å². The van der Waals surface area contributed by atoms with Crippen molar-refractivity contribution in [3.8, 4) is 0 Å². The summed E-state index contributed by atoms with van der Waals surface area (Å²) < 4.78 is 13.4. The molecule has 0 aliphatic heterocycles. The minimum Gasteiger partial charge on any atom is -0.328 e. The van der Waals surface area contributed by atoms with Gasteiger partial charge in [-0.25, -0.2) is 4.39 Å². The number of non-ortho nitro benzene ring substituents is 1. The molecule has 1 aromatic rings. The first-order valence-electron chi connectivity index (χ1n) is 5.39. The van der Waals surface area contributed by atoms with Crippen LogP contribution in [0.3, 0.4) is 0 Å². The first-order valence-corrected chi connectivity index (χ1v) is 5.39. The van der Waals surface area contributed by atoms with Gasteiger partial charge in [0.05, 0.1) is 16.7 Å². The van der Waals surface area contributed by atoms with Gasteiger partial charge in [0.1, 0.15) is 0 Å². The number of halogens is 1. The van der Waals surface area contributed by atoms with Gasteiger partial charge in [-0.2, -0.15) is 0 Å². The molecule has 0 aromatic heterocycles. The fourth-order valence-electron chi connectivity index (χ4n) is 1.29.